The average molecular weight is 291 g/mol. The first-order valence-electron chi connectivity index (χ1n) is 6.07. The van der Waals surface area contributed by atoms with Gasteiger partial charge in [-0.25, -0.2) is 4.98 Å². The van der Waals surface area contributed by atoms with Gasteiger partial charge in [0.25, 0.3) is 0 Å². The number of alkyl halides is 1. The van der Waals surface area contributed by atoms with Crippen LogP contribution in [0.3, 0.4) is 0 Å². The molecule has 0 radical (unpaired) electrons. The summed E-state index contributed by atoms with van der Waals surface area (Å²) < 4.78 is 0. The summed E-state index contributed by atoms with van der Waals surface area (Å²) in [5.41, 5.74) is 4.43. The molecule has 1 aliphatic carbocycles. The van der Waals surface area contributed by atoms with Crippen LogP contribution in [0.2, 0.25) is 0 Å². The van der Waals surface area contributed by atoms with E-state index in [0.717, 1.165) is 12.2 Å². The lowest BCUT2D eigenvalue weighted by molar-refractivity contribution is 0.873. The van der Waals surface area contributed by atoms with Gasteiger partial charge in [0.05, 0.1) is 0 Å². The van der Waals surface area contributed by atoms with Crippen molar-refractivity contribution in [2.24, 2.45) is 0 Å². The van der Waals surface area contributed by atoms with Crippen LogP contribution in [-0.4, -0.2) is 9.97 Å². The van der Waals surface area contributed by atoms with Gasteiger partial charge in [0.15, 0.2) is 0 Å². The molecule has 1 unspecified atom stereocenters. The highest BCUT2D eigenvalue weighted by molar-refractivity contribution is 9.09. The molecule has 0 aliphatic heterocycles. The zero-order chi connectivity index (χ0) is 11.7. The number of hydrogen-bond donors (Lipinski definition) is 1. The molecule has 0 bridgehead atoms. The third kappa shape index (κ3) is 2.29. The molecule has 88 valence electrons. The smallest absolute Gasteiger partial charge is 0.107 e. The number of rotatable bonds is 3. The Morgan fingerprint density at radius 3 is 3.00 bits per heavy atom. The minimum atomic E-state index is 0.347. The molecule has 0 saturated carbocycles. The number of imidazole rings is 1. The first kappa shape index (κ1) is 11.0. The molecule has 3 heteroatoms. The first-order valence-corrected chi connectivity index (χ1v) is 6.98. The molecule has 1 heterocycles. The first-order chi connectivity index (χ1) is 8.33. The fourth-order valence-corrected chi connectivity index (χ4v) is 3.08. The summed E-state index contributed by atoms with van der Waals surface area (Å²) in [6, 6.07) is 6.88. The van der Waals surface area contributed by atoms with Crippen molar-refractivity contribution >= 4 is 15.9 Å². The molecule has 2 aromatic rings. The Morgan fingerprint density at radius 1 is 1.29 bits per heavy atom. The van der Waals surface area contributed by atoms with Crippen LogP contribution in [-0.2, 0) is 19.3 Å². The number of hydrogen-bond acceptors (Lipinski definition) is 1. The Bertz CT molecular complexity index is 505. The SMILES string of the molecule is BrC(Cc1ncc[nH]1)c1ccc2c(c1)CCC2. The van der Waals surface area contributed by atoms with Crippen LogP contribution in [0.4, 0.5) is 0 Å². The predicted molar refractivity (Wildman–Crippen MR) is 72.4 cm³/mol. The van der Waals surface area contributed by atoms with E-state index in [2.05, 4.69) is 44.1 Å². The number of benzene rings is 1. The van der Waals surface area contributed by atoms with Gasteiger partial charge in [0.2, 0.25) is 0 Å². The molecule has 0 fully saturated rings. The van der Waals surface area contributed by atoms with E-state index in [-0.39, 0.29) is 0 Å². The van der Waals surface area contributed by atoms with Crippen LogP contribution in [0, 0.1) is 0 Å². The lowest BCUT2D eigenvalue weighted by Gasteiger charge is -2.10. The van der Waals surface area contributed by atoms with Crippen molar-refractivity contribution in [1.82, 2.24) is 9.97 Å². The zero-order valence-corrected chi connectivity index (χ0v) is 11.2. The predicted octanol–water partition coefficient (Wildman–Crippen LogP) is 3.58. The molecule has 0 saturated heterocycles. The quantitative estimate of drug-likeness (QED) is 0.860. The van der Waals surface area contributed by atoms with Crippen LogP contribution in [0.1, 0.15) is 33.8 Å². The Labute approximate surface area is 110 Å². The van der Waals surface area contributed by atoms with E-state index < -0.39 is 0 Å². The highest BCUT2D eigenvalue weighted by Gasteiger charge is 2.15. The van der Waals surface area contributed by atoms with Crippen molar-refractivity contribution in [3.8, 4) is 0 Å². The maximum absolute atomic E-state index is 4.27. The van der Waals surface area contributed by atoms with Crippen molar-refractivity contribution in [2.75, 3.05) is 0 Å². The molecule has 1 atom stereocenters. The van der Waals surface area contributed by atoms with E-state index in [4.69, 9.17) is 0 Å². The summed E-state index contributed by atoms with van der Waals surface area (Å²) in [6.45, 7) is 0. The van der Waals surface area contributed by atoms with Gasteiger partial charge < -0.3 is 4.98 Å². The van der Waals surface area contributed by atoms with Gasteiger partial charge in [-0.05, 0) is 36.0 Å². The molecule has 1 N–H and O–H groups in total. The molecule has 1 aromatic carbocycles. The van der Waals surface area contributed by atoms with Crippen LogP contribution in [0.25, 0.3) is 0 Å². The lowest BCUT2D eigenvalue weighted by Crippen LogP contribution is -1.98. The second kappa shape index (κ2) is 4.65. The third-order valence-electron chi connectivity index (χ3n) is 3.41. The normalized spacial score (nSPS) is 15.8. The van der Waals surface area contributed by atoms with Gasteiger partial charge in [-0.15, -0.1) is 0 Å². The number of aromatic amines is 1. The van der Waals surface area contributed by atoms with Crippen molar-refractivity contribution in [2.45, 2.75) is 30.5 Å². The molecule has 17 heavy (non-hydrogen) atoms. The summed E-state index contributed by atoms with van der Waals surface area (Å²) >= 11 is 3.76. The van der Waals surface area contributed by atoms with Crippen LogP contribution in [0.5, 0.6) is 0 Å². The number of aryl methyl sites for hydroxylation is 2. The maximum atomic E-state index is 4.27. The van der Waals surface area contributed by atoms with E-state index in [0.29, 0.717) is 4.83 Å². The molecular formula is C14H15BrN2. The highest BCUT2D eigenvalue weighted by Crippen LogP contribution is 2.30. The molecule has 0 amide bonds. The van der Waals surface area contributed by atoms with Crippen LogP contribution in [0.15, 0.2) is 30.6 Å². The lowest BCUT2D eigenvalue weighted by atomic mass is 10.0. The monoisotopic (exact) mass is 290 g/mol. The number of fused-ring (bicyclic) bond motifs is 1. The summed E-state index contributed by atoms with van der Waals surface area (Å²) in [7, 11) is 0. The number of halogens is 1. The Kier molecular flexibility index (Phi) is 3.02. The largest absolute Gasteiger partial charge is 0.349 e. The molecule has 0 spiro atoms. The third-order valence-corrected chi connectivity index (χ3v) is 4.26. The van der Waals surface area contributed by atoms with E-state index in [9.17, 15) is 0 Å². The van der Waals surface area contributed by atoms with Crippen LogP contribution >= 0.6 is 15.9 Å². The van der Waals surface area contributed by atoms with E-state index >= 15 is 0 Å². The van der Waals surface area contributed by atoms with Crippen molar-refractivity contribution in [3.05, 3.63) is 53.1 Å². The average Bonchev–Trinajstić information content (AvgIpc) is 2.97. The van der Waals surface area contributed by atoms with Gasteiger partial charge in [0, 0.05) is 23.6 Å². The fraction of sp³-hybridized carbons (Fsp3) is 0.357. The number of H-pyrrole nitrogens is 1. The van der Waals surface area contributed by atoms with Gasteiger partial charge in [-0.2, -0.15) is 0 Å². The standard InChI is InChI=1S/C14H15BrN2/c15-13(9-14-16-6-7-17-14)12-5-4-10-2-1-3-11(10)8-12/h4-8,13H,1-3,9H2,(H,16,17). The Balaban J connectivity index is 1.79. The molecule has 3 rings (SSSR count). The molecule has 2 nitrogen and oxygen atoms in total. The maximum Gasteiger partial charge on any atom is 0.107 e. The summed E-state index contributed by atoms with van der Waals surface area (Å²) in [6.07, 6.45) is 8.38. The second-order valence-electron chi connectivity index (χ2n) is 4.59. The van der Waals surface area contributed by atoms with Crippen molar-refractivity contribution in [3.63, 3.8) is 0 Å². The van der Waals surface area contributed by atoms with Gasteiger partial charge >= 0.3 is 0 Å². The van der Waals surface area contributed by atoms with Gasteiger partial charge in [0.1, 0.15) is 5.82 Å². The minimum Gasteiger partial charge on any atom is -0.349 e. The van der Waals surface area contributed by atoms with Crippen molar-refractivity contribution < 1.29 is 0 Å². The number of nitrogens with one attached hydrogen (secondary N) is 1. The highest BCUT2D eigenvalue weighted by atomic mass is 79.9. The number of nitrogens with zero attached hydrogens (tertiary/aromatic N) is 1. The van der Waals surface area contributed by atoms with Crippen LogP contribution < -0.4 is 0 Å². The summed E-state index contributed by atoms with van der Waals surface area (Å²) in [4.78, 5) is 7.76. The number of aromatic nitrogens is 2. The van der Waals surface area contributed by atoms with Crippen molar-refractivity contribution in [1.29, 1.82) is 0 Å². The summed E-state index contributed by atoms with van der Waals surface area (Å²) in [5.74, 6) is 1.03. The Hall–Kier alpha value is -1.09. The molecule has 1 aromatic heterocycles. The minimum absolute atomic E-state index is 0.347. The summed E-state index contributed by atoms with van der Waals surface area (Å²) in [5, 5.41) is 0. The van der Waals surface area contributed by atoms with E-state index in [1.807, 2.05) is 6.20 Å². The molecule has 1 aliphatic rings. The van der Waals surface area contributed by atoms with E-state index in [1.165, 1.54) is 36.0 Å². The Morgan fingerprint density at radius 2 is 2.18 bits per heavy atom. The van der Waals surface area contributed by atoms with Gasteiger partial charge in [-0.3, -0.25) is 0 Å². The zero-order valence-electron chi connectivity index (χ0n) is 9.62. The van der Waals surface area contributed by atoms with Gasteiger partial charge in [-0.1, -0.05) is 34.1 Å². The topological polar surface area (TPSA) is 28.7 Å². The second-order valence-corrected chi connectivity index (χ2v) is 5.69. The molecular weight excluding hydrogens is 276 g/mol. The fourth-order valence-electron chi connectivity index (χ4n) is 2.48. The van der Waals surface area contributed by atoms with E-state index in [1.54, 1.807) is 6.20 Å².